The minimum Gasteiger partial charge on any atom is -0.477 e. The zero-order valence-corrected chi connectivity index (χ0v) is 13.7. The summed E-state index contributed by atoms with van der Waals surface area (Å²) in [5, 5.41) is 12.0. The Morgan fingerprint density at radius 3 is 2.46 bits per heavy atom. The van der Waals surface area contributed by atoms with Crippen LogP contribution in [0, 0.1) is 0 Å². The summed E-state index contributed by atoms with van der Waals surface area (Å²) in [6.45, 7) is 1.41. The molecule has 0 atom stereocenters. The minimum atomic E-state index is -1.42. The third kappa shape index (κ3) is 3.10. The number of amides is 1. The van der Waals surface area contributed by atoms with Gasteiger partial charge < -0.3 is 10.4 Å². The van der Waals surface area contributed by atoms with Gasteiger partial charge >= 0.3 is 12.0 Å². The van der Waals surface area contributed by atoms with Crippen LogP contribution >= 0.6 is 0 Å². The average Bonchev–Trinajstić information content (AvgIpc) is 2.62. The summed E-state index contributed by atoms with van der Waals surface area (Å²) < 4.78 is 1.07. The Morgan fingerprint density at radius 1 is 1.04 bits per heavy atom. The van der Waals surface area contributed by atoms with Crippen LogP contribution < -0.4 is 10.7 Å². The summed E-state index contributed by atoms with van der Waals surface area (Å²) in [6.07, 6.45) is 0.997. The molecule has 0 fully saturated rings. The number of ketones is 1. The van der Waals surface area contributed by atoms with Crippen molar-refractivity contribution in [3.8, 4) is 0 Å². The molecular formula is C19H14N2O5. The van der Waals surface area contributed by atoms with Crippen molar-refractivity contribution in [1.29, 1.82) is 0 Å². The number of pyridine rings is 1. The number of nitrogens with one attached hydrogen (secondary N) is 1. The molecule has 7 nitrogen and oxygen atoms in total. The van der Waals surface area contributed by atoms with E-state index in [2.05, 4.69) is 5.32 Å². The summed E-state index contributed by atoms with van der Waals surface area (Å²) in [7, 11) is 0. The number of hydrogen-bond donors (Lipinski definition) is 2. The third-order valence-corrected chi connectivity index (χ3v) is 3.88. The Hall–Kier alpha value is -3.74. The van der Waals surface area contributed by atoms with Gasteiger partial charge in [-0.05, 0) is 31.2 Å². The molecule has 0 unspecified atom stereocenters. The molecule has 7 heteroatoms. The van der Waals surface area contributed by atoms with Crippen molar-refractivity contribution in [3.05, 3.63) is 76.1 Å². The number of benzene rings is 2. The standard InChI is InChI=1S/C19H14N2O5/c1-11(22)12-5-4-6-13(9-12)20-19(26)21-10-15(18(24)25)17(23)14-7-2-3-8-16(14)21/h2-10H,1H3,(H,20,26)(H,24,25). The van der Waals surface area contributed by atoms with Gasteiger partial charge in [-0.3, -0.25) is 14.2 Å². The normalized spacial score (nSPS) is 10.5. The third-order valence-electron chi connectivity index (χ3n) is 3.88. The topological polar surface area (TPSA) is 105 Å². The number of nitrogens with zero attached hydrogens (tertiary/aromatic N) is 1. The van der Waals surface area contributed by atoms with Crippen LogP contribution in [-0.4, -0.2) is 27.5 Å². The zero-order chi connectivity index (χ0) is 18.8. The molecule has 0 aliphatic carbocycles. The fourth-order valence-corrected chi connectivity index (χ4v) is 2.60. The van der Waals surface area contributed by atoms with Gasteiger partial charge in [-0.1, -0.05) is 24.3 Å². The SMILES string of the molecule is CC(=O)c1cccc(NC(=O)n2cc(C(=O)O)c(=O)c3ccccc32)c1. The molecular weight excluding hydrogens is 336 g/mol. The van der Waals surface area contributed by atoms with Crippen molar-refractivity contribution in [2.45, 2.75) is 6.92 Å². The Morgan fingerprint density at radius 2 is 1.77 bits per heavy atom. The van der Waals surface area contributed by atoms with Gasteiger partial charge in [0.25, 0.3) is 0 Å². The summed E-state index contributed by atoms with van der Waals surface area (Å²) in [4.78, 5) is 47.7. The number of carboxylic acid groups (broad SMARTS) is 1. The van der Waals surface area contributed by atoms with E-state index in [1.807, 2.05) is 0 Å². The van der Waals surface area contributed by atoms with E-state index in [1.54, 1.807) is 36.4 Å². The van der Waals surface area contributed by atoms with Gasteiger partial charge in [0, 0.05) is 22.8 Å². The number of hydrogen-bond acceptors (Lipinski definition) is 4. The van der Waals surface area contributed by atoms with E-state index < -0.39 is 23.0 Å². The van der Waals surface area contributed by atoms with Gasteiger partial charge in [0.15, 0.2) is 5.78 Å². The van der Waals surface area contributed by atoms with Crippen molar-refractivity contribution in [1.82, 2.24) is 4.57 Å². The predicted molar refractivity (Wildman–Crippen MR) is 96.0 cm³/mol. The van der Waals surface area contributed by atoms with Gasteiger partial charge in [-0.15, -0.1) is 0 Å². The maximum Gasteiger partial charge on any atom is 0.341 e. The van der Waals surface area contributed by atoms with Crippen molar-refractivity contribution < 1.29 is 19.5 Å². The molecule has 0 bridgehead atoms. The largest absolute Gasteiger partial charge is 0.477 e. The monoisotopic (exact) mass is 350 g/mol. The van der Waals surface area contributed by atoms with Crippen LogP contribution in [0.5, 0.6) is 0 Å². The second kappa shape index (κ2) is 6.64. The number of rotatable bonds is 3. The molecule has 1 heterocycles. The molecule has 0 saturated heterocycles. The highest BCUT2D eigenvalue weighted by atomic mass is 16.4. The Labute approximate surface area is 147 Å². The number of anilines is 1. The highest BCUT2D eigenvalue weighted by Crippen LogP contribution is 2.15. The number of fused-ring (bicyclic) bond motifs is 1. The molecule has 2 aromatic carbocycles. The van der Waals surface area contributed by atoms with Gasteiger partial charge in [0.05, 0.1) is 5.52 Å². The number of para-hydroxylation sites is 1. The smallest absolute Gasteiger partial charge is 0.341 e. The molecule has 0 spiro atoms. The van der Waals surface area contributed by atoms with E-state index in [4.69, 9.17) is 0 Å². The first kappa shape index (κ1) is 17.1. The lowest BCUT2D eigenvalue weighted by Gasteiger charge is -2.12. The number of carbonyl (C=O) groups excluding carboxylic acids is 2. The zero-order valence-electron chi connectivity index (χ0n) is 13.7. The van der Waals surface area contributed by atoms with Crippen LogP contribution in [0.2, 0.25) is 0 Å². The first-order valence-corrected chi connectivity index (χ1v) is 7.68. The fourth-order valence-electron chi connectivity index (χ4n) is 2.60. The van der Waals surface area contributed by atoms with Crippen LogP contribution in [0.3, 0.4) is 0 Å². The van der Waals surface area contributed by atoms with Gasteiger partial charge in [-0.2, -0.15) is 0 Å². The van der Waals surface area contributed by atoms with Gasteiger partial charge in [0.1, 0.15) is 5.56 Å². The van der Waals surface area contributed by atoms with E-state index in [0.29, 0.717) is 11.3 Å². The second-order valence-corrected chi connectivity index (χ2v) is 5.63. The summed E-state index contributed by atoms with van der Waals surface area (Å²) >= 11 is 0. The molecule has 0 aliphatic heterocycles. The van der Waals surface area contributed by atoms with Crippen LogP contribution in [0.15, 0.2) is 59.5 Å². The Bertz CT molecular complexity index is 1110. The Kier molecular flexibility index (Phi) is 4.36. The maximum absolute atomic E-state index is 12.7. The lowest BCUT2D eigenvalue weighted by atomic mass is 10.1. The van der Waals surface area contributed by atoms with Crippen LogP contribution in [-0.2, 0) is 0 Å². The molecule has 2 N–H and O–H groups in total. The van der Waals surface area contributed by atoms with Crippen molar-refractivity contribution >= 4 is 34.4 Å². The Balaban J connectivity index is 2.10. The van der Waals surface area contributed by atoms with Crippen molar-refractivity contribution in [3.63, 3.8) is 0 Å². The lowest BCUT2D eigenvalue weighted by molar-refractivity contribution is 0.0695. The highest BCUT2D eigenvalue weighted by molar-refractivity contribution is 6.01. The summed E-state index contributed by atoms with van der Waals surface area (Å²) in [6, 6.07) is 12.0. The summed E-state index contributed by atoms with van der Waals surface area (Å²) in [5.41, 5.74) is -0.0732. The van der Waals surface area contributed by atoms with Crippen molar-refractivity contribution in [2.24, 2.45) is 0 Å². The van der Waals surface area contributed by atoms with Crippen molar-refractivity contribution in [2.75, 3.05) is 5.32 Å². The number of carbonyl (C=O) groups is 3. The molecule has 1 aromatic heterocycles. The average molecular weight is 350 g/mol. The van der Waals surface area contributed by atoms with E-state index in [1.165, 1.54) is 19.1 Å². The van der Waals surface area contributed by atoms with Crippen LogP contribution in [0.25, 0.3) is 10.9 Å². The number of aromatic carboxylic acids is 1. The highest BCUT2D eigenvalue weighted by Gasteiger charge is 2.17. The maximum atomic E-state index is 12.7. The van der Waals surface area contributed by atoms with E-state index in [-0.39, 0.29) is 16.7 Å². The fraction of sp³-hybridized carbons (Fsp3) is 0.0526. The first-order valence-electron chi connectivity index (χ1n) is 7.68. The molecule has 3 rings (SSSR count). The molecule has 0 aliphatic rings. The molecule has 0 radical (unpaired) electrons. The first-order chi connectivity index (χ1) is 12.4. The number of Topliss-reactive ketones (excluding diaryl/α,β-unsaturated/α-hetero) is 1. The van der Waals surface area contributed by atoms with Gasteiger partial charge in [-0.25, -0.2) is 9.59 Å². The van der Waals surface area contributed by atoms with E-state index in [0.717, 1.165) is 10.8 Å². The minimum absolute atomic E-state index is 0.125. The number of carboxylic acids is 1. The van der Waals surface area contributed by atoms with E-state index >= 15 is 0 Å². The molecule has 26 heavy (non-hydrogen) atoms. The van der Waals surface area contributed by atoms with Crippen LogP contribution in [0.4, 0.5) is 10.5 Å². The quantitative estimate of drug-likeness (QED) is 0.707. The molecule has 1 amide bonds. The van der Waals surface area contributed by atoms with Crippen LogP contribution in [0.1, 0.15) is 27.6 Å². The molecule has 130 valence electrons. The molecule has 3 aromatic rings. The summed E-state index contributed by atoms with van der Waals surface area (Å²) in [5.74, 6) is -1.57. The second-order valence-electron chi connectivity index (χ2n) is 5.63. The van der Waals surface area contributed by atoms with Gasteiger partial charge in [0.2, 0.25) is 5.43 Å². The lowest BCUT2D eigenvalue weighted by Crippen LogP contribution is -2.25. The molecule has 0 saturated carbocycles. The number of aromatic nitrogens is 1. The predicted octanol–water partition coefficient (Wildman–Crippen LogP) is 2.98. The van der Waals surface area contributed by atoms with E-state index in [9.17, 15) is 24.3 Å².